The summed E-state index contributed by atoms with van der Waals surface area (Å²) in [5, 5.41) is -0.891. The average Bonchev–Trinajstić information content (AvgIpc) is 2.68. The molecule has 0 amide bonds. The predicted octanol–water partition coefficient (Wildman–Crippen LogP) is 3.15. The first-order chi connectivity index (χ1) is 9.82. The summed E-state index contributed by atoms with van der Waals surface area (Å²) in [4.78, 5) is 24.5. The van der Waals surface area contributed by atoms with Crippen molar-refractivity contribution in [1.29, 1.82) is 0 Å². The number of Topliss-reactive ketones (excluding diaryl/α,β-unsaturated/α-hetero) is 1. The summed E-state index contributed by atoms with van der Waals surface area (Å²) >= 11 is 6.40. The Morgan fingerprint density at radius 2 is 2.05 bits per heavy atom. The van der Waals surface area contributed by atoms with Crippen molar-refractivity contribution >= 4 is 23.4 Å². The molecular formula is C16H21ClO4. The van der Waals surface area contributed by atoms with Crippen LogP contribution in [0.2, 0.25) is 0 Å². The summed E-state index contributed by atoms with van der Waals surface area (Å²) in [5.74, 6) is -1.97. The molecule has 0 spiro atoms. The molecule has 3 atom stereocenters. The van der Waals surface area contributed by atoms with Crippen LogP contribution < -0.4 is 0 Å². The first-order valence-corrected chi connectivity index (χ1v) is 7.59. The van der Waals surface area contributed by atoms with Gasteiger partial charge in [-0.15, -0.1) is 11.6 Å². The molecule has 0 saturated heterocycles. The summed E-state index contributed by atoms with van der Waals surface area (Å²) in [6, 6.07) is 0. The zero-order chi connectivity index (χ0) is 15.8. The van der Waals surface area contributed by atoms with Crippen LogP contribution in [0, 0.1) is 5.92 Å². The van der Waals surface area contributed by atoms with Gasteiger partial charge in [-0.25, -0.2) is 4.79 Å². The third-order valence-electron chi connectivity index (χ3n) is 4.30. The number of halogens is 1. The van der Waals surface area contributed by atoms with Gasteiger partial charge in [0, 0.05) is 30.6 Å². The highest BCUT2D eigenvalue weighted by atomic mass is 35.5. The number of ketones is 1. The minimum absolute atomic E-state index is 0.0845. The number of hydrogen-bond acceptors (Lipinski definition) is 4. The molecule has 0 saturated carbocycles. The molecule has 0 radical (unpaired) electrons. The van der Waals surface area contributed by atoms with Crippen LogP contribution in [-0.2, 0) is 19.1 Å². The minimum Gasteiger partial charge on any atom is -0.425 e. The van der Waals surface area contributed by atoms with Crippen LogP contribution in [0.5, 0.6) is 0 Å². The van der Waals surface area contributed by atoms with Gasteiger partial charge in [-0.3, -0.25) is 4.79 Å². The fourth-order valence-corrected chi connectivity index (χ4v) is 3.51. The van der Waals surface area contributed by atoms with Gasteiger partial charge < -0.3 is 9.47 Å². The molecule has 21 heavy (non-hydrogen) atoms. The fourth-order valence-electron chi connectivity index (χ4n) is 2.97. The van der Waals surface area contributed by atoms with Crippen LogP contribution in [0.25, 0.3) is 0 Å². The van der Waals surface area contributed by atoms with Crippen molar-refractivity contribution in [3.63, 3.8) is 0 Å². The van der Waals surface area contributed by atoms with Gasteiger partial charge in [0.25, 0.3) is 0 Å². The number of carbonyl (C=O) groups is 2. The SMILES string of the molecule is COC12C/C(C)=C/CCC(C)C(=O)C(Cl)C1=C(C)C(=O)O2. The lowest BCUT2D eigenvalue weighted by Gasteiger charge is -2.32. The molecule has 0 aromatic heterocycles. The van der Waals surface area contributed by atoms with Crippen molar-refractivity contribution in [2.24, 2.45) is 5.92 Å². The zero-order valence-electron chi connectivity index (χ0n) is 12.9. The topological polar surface area (TPSA) is 52.6 Å². The number of hydrogen-bond donors (Lipinski definition) is 0. The second-order valence-electron chi connectivity index (χ2n) is 5.86. The number of methoxy groups -OCH3 is 1. The van der Waals surface area contributed by atoms with Gasteiger partial charge in [0.1, 0.15) is 5.38 Å². The third-order valence-corrected chi connectivity index (χ3v) is 4.73. The summed E-state index contributed by atoms with van der Waals surface area (Å²) < 4.78 is 11.0. The number of allylic oxidation sites excluding steroid dienone is 1. The molecule has 2 aliphatic rings. The molecule has 1 heterocycles. The maximum absolute atomic E-state index is 12.5. The summed E-state index contributed by atoms with van der Waals surface area (Å²) in [6.07, 6.45) is 4.01. The number of carbonyl (C=O) groups excluding carboxylic acids is 2. The van der Waals surface area contributed by atoms with Crippen LogP contribution in [0.4, 0.5) is 0 Å². The highest BCUT2D eigenvalue weighted by Crippen LogP contribution is 2.43. The highest BCUT2D eigenvalue weighted by Gasteiger charge is 2.51. The molecule has 0 fully saturated rings. The van der Waals surface area contributed by atoms with Crippen LogP contribution in [-0.4, -0.2) is 30.0 Å². The summed E-state index contributed by atoms with van der Waals surface area (Å²) in [5.41, 5.74) is 1.90. The lowest BCUT2D eigenvalue weighted by molar-refractivity contribution is -0.192. The standard InChI is InChI=1S/C16H21ClO4/c1-9-6-5-7-10(2)14(18)13(17)12-11(3)15(19)21-16(12,8-9)20-4/h6,10,13H,5,7-8H2,1-4H3/b9-6+. The van der Waals surface area contributed by atoms with Crippen molar-refractivity contribution in [2.75, 3.05) is 7.11 Å². The van der Waals surface area contributed by atoms with Gasteiger partial charge in [0.2, 0.25) is 5.79 Å². The Morgan fingerprint density at radius 3 is 2.67 bits per heavy atom. The van der Waals surface area contributed by atoms with Gasteiger partial charge >= 0.3 is 5.97 Å². The van der Waals surface area contributed by atoms with Crippen molar-refractivity contribution in [2.45, 2.75) is 51.2 Å². The van der Waals surface area contributed by atoms with E-state index >= 15 is 0 Å². The number of fused-ring (bicyclic) bond motifs is 1. The zero-order valence-corrected chi connectivity index (χ0v) is 13.6. The molecule has 0 bridgehead atoms. The van der Waals surface area contributed by atoms with Gasteiger partial charge in [-0.05, 0) is 26.7 Å². The Labute approximate surface area is 130 Å². The monoisotopic (exact) mass is 312 g/mol. The van der Waals surface area contributed by atoms with Crippen LogP contribution in [0.3, 0.4) is 0 Å². The fraction of sp³-hybridized carbons (Fsp3) is 0.625. The van der Waals surface area contributed by atoms with E-state index in [1.807, 2.05) is 13.8 Å². The minimum atomic E-state index is -1.25. The van der Waals surface area contributed by atoms with E-state index in [9.17, 15) is 9.59 Å². The van der Waals surface area contributed by atoms with Crippen molar-refractivity contribution in [3.05, 3.63) is 22.8 Å². The lowest BCUT2D eigenvalue weighted by Crippen LogP contribution is -2.41. The highest BCUT2D eigenvalue weighted by molar-refractivity contribution is 6.34. The maximum atomic E-state index is 12.5. The van der Waals surface area contributed by atoms with E-state index in [2.05, 4.69) is 6.08 Å². The van der Waals surface area contributed by atoms with Crippen molar-refractivity contribution in [1.82, 2.24) is 0 Å². The first-order valence-electron chi connectivity index (χ1n) is 7.15. The quantitative estimate of drug-likeness (QED) is 0.424. The first kappa shape index (κ1) is 16.2. The molecule has 1 aliphatic carbocycles. The Kier molecular flexibility index (Phi) is 4.59. The Balaban J connectivity index is 2.57. The second-order valence-corrected chi connectivity index (χ2v) is 6.29. The van der Waals surface area contributed by atoms with Gasteiger partial charge in [0.05, 0.1) is 0 Å². The second kappa shape index (κ2) is 5.93. The molecular weight excluding hydrogens is 292 g/mol. The number of rotatable bonds is 1. The molecule has 116 valence electrons. The normalized spacial score (nSPS) is 36.9. The average molecular weight is 313 g/mol. The van der Waals surface area contributed by atoms with Gasteiger partial charge in [-0.2, -0.15) is 0 Å². The van der Waals surface area contributed by atoms with Crippen LogP contribution in [0.15, 0.2) is 22.8 Å². The Hall–Kier alpha value is -1.13. The maximum Gasteiger partial charge on any atom is 0.336 e. The van der Waals surface area contributed by atoms with Crippen molar-refractivity contribution in [3.8, 4) is 0 Å². The largest absolute Gasteiger partial charge is 0.425 e. The molecule has 0 N–H and O–H groups in total. The predicted molar refractivity (Wildman–Crippen MR) is 80.0 cm³/mol. The van der Waals surface area contributed by atoms with E-state index in [1.165, 1.54) is 7.11 Å². The smallest absolute Gasteiger partial charge is 0.336 e. The molecule has 4 nitrogen and oxygen atoms in total. The summed E-state index contributed by atoms with van der Waals surface area (Å²) in [7, 11) is 1.47. The third kappa shape index (κ3) is 2.79. The molecule has 2 rings (SSSR count). The van der Waals surface area contributed by atoms with Crippen LogP contribution >= 0.6 is 11.6 Å². The number of alkyl halides is 1. The molecule has 1 aliphatic heterocycles. The molecule has 0 aromatic carbocycles. The van der Waals surface area contributed by atoms with Gasteiger partial charge in [-0.1, -0.05) is 18.6 Å². The van der Waals surface area contributed by atoms with E-state index in [0.29, 0.717) is 17.6 Å². The number of esters is 1. The van der Waals surface area contributed by atoms with E-state index < -0.39 is 17.1 Å². The van der Waals surface area contributed by atoms with E-state index in [1.54, 1.807) is 6.92 Å². The molecule has 5 heteroatoms. The summed E-state index contributed by atoms with van der Waals surface area (Å²) in [6.45, 7) is 5.47. The van der Waals surface area contributed by atoms with E-state index in [-0.39, 0.29) is 11.7 Å². The lowest BCUT2D eigenvalue weighted by atomic mass is 9.86. The van der Waals surface area contributed by atoms with E-state index in [4.69, 9.17) is 21.1 Å². The number of ether oxygens (including phenoxy) is 2. The van der Waals surface area contributed by atoms with Crippen LogP contribution in [0.1, 0.15) is 40.0 Å². The molecule has 3 unspecified atom stereocenters. The van der Waals surface area contributed by atoms with Gasteiger partial charge in [0.15, 0.2) is 5.78 Å². The van der Waals surface area contributed by atoms with Crippen molar-refractivity contribution < 1.29 is 19.1 Å². The van der Waals surface area contributed by atoms with E-state index in [0.717, 1.165) is 18.4 Å². The Bertz CT molecular complexity index is 534. The Morgan fingerprint density at radius 1 is 1.38 bits per heavy atom. The molecule has 0 aromatic rings.